The van der Waals surface area contributed by atoms with Crippen LogP contribution < -0.4 is 11.0 Å². The molecule has 8 heteroatoms. The smallest absolute Gasteiger partial charge is 0.346 e. The Morgan fingerprint density at radius 2 is 2.00 bits per heavy atom. The fraction of sp³-hybridized carbons (Fsp3) is 0.364. The quantitative estimate of drug-likeness (QED) is 0.514. The van der Waals surface area contributed by atoms with E-state index >= 15 is 0 Å². The van der Waals surface area contributed by atoms with E-state index in [0.29, 0.717) is 24.3 Å². The maximum atomic E-state index is 13.1. The first kappa shape index (κ1) is 19.9. The molecule has 156 valence electrons. The van der Waals surface area contributed by atoms with Crippen molar-refractivity contribution in [2.75, 3.05) is 0 Å². The van der Waals surface area contributed by atoms with Gasteiger partial charge in [0, 0.05) is 17.3 Å². The number of aromatic nitrogens is 5. The van der Waals surface area contributed by atoms with Gasteiger partial charge in [0.2, 0.25) is 0 Å². The predicted octanol–water partition coefficient (Wildman–Crippen LogP) is 2.76. The maximum Gasteiger partial charge on any atom is 0.350 e. The number of carbonyl (C=O) groups is 1. The molecule has 3 heterocycles. The van der Waals surface area contributed by atoms with Gasteiger partial charge in [0.15, 0.2) is 11.3 Å². The maximum absolute atomic E-state index is 13.1. The molecule has 0 saturated carbocycles. The number of pyridine rings is 1. The first-order valence-corrected chi connectivity index (χ1v) is 10.3. The number of amides is 1. The summed E-state index contributed by atoms with van der Waals surface area (Å²) in [6.45, 7) is 8.11. The summed E-state index contributed by atoms with van der Waals surface area (Å²) in [7, 11) is 0. The first-order chi connectivity index (χ1) is 14.4. The fourth-order valence-corrected chi connectivity index (χ4v) is 3.85. The van der Waals surface area contributed by atoms with Crippen molar-refractivity contribution in [2.24, 2.45) is 0 Å². The molecular formula is C22H26N6O2. The van der Waals surface area contributed by atoms with Gasteiger partial charge >= 0.3 is 5.69 Å². The Morgan fingerprint density at radius 1 is 1.23 bits per heavy atom. The summed E-state index contributed by atoms with van der Waals surface area (Å²) in [5.74, 6) is -0.242. The molecule has 0 unspecified atom stereocenters. The molecule has 0 aliphatic carbocycles. The summed E-state index contributed by atoms with van der Waals surface area (Å²) in [5, 5.41) is 15.6. The second kappa shape index (κ2) is 7.78. The summed E-state index contributed by atoms with van der Waals surface area (Å²) < 4.78 is 3.09. The Kier molecular flexibility index (Phi) is 5.15. The van der Waals surface area contributed by atoms with Gasteiger partial charge in [0.25, 0.3) is 5.91 Å². The molecule has 0 saturated heterocycles. The van der Waals surface area contributed by atoms with Crippen LogP contribution >= 0.6 is 0 Å². The van der Waals surface area contributed by atoms with Gasteiger partial charge in [-0.05, 0) is 49.8 Å². The van der Waals surface area contributed by atoms with E-state index in [9.17, 15) is 9.59 Å². The Hall–Kier alpha value is -3.42. The molecule has 0 fully saturated rings. The van der Waals surface area contributed by atoms with Crippen molar-refractivity contribution >= 4 is 22.5 Å². The lowest BCUT2D eigenvalue weighted by Crippen LogP contribution is -2.40. The molecule has 4 aromatic rings. The number of nitrogens with zero attached hydrogens (tertiary/aromatic N) is 4. The number of aromatic amines is 1. The van der Waals surface area contributed by atoms with Crippen molar-refractivity contribution in [1.82, 2.24) is 29.7 Å². The normalized spacial score (nSPS) is 12.5. The summed E-state index contributed by atoms with van der Waals surface area (Å²) in [5.41, 5.74) is 4.39. The van der Waals surface area contributed by atoms with Crippen LogP contribution in [0.5, 0.6) is 0 Å². The van der Waals surface area contributed by atoms with Crippen molar-refractivity contribution in [3.8, 4) is 0 Å². The Balaban J connectivity index is 1.65. The van der Waals surface area contributed by atoms with Crippen LogP contribution in [0.25, 0.3) is 16.6 Å². The Morgan fingerprint density at radius 3 is 2.70 bits per heavy atom. The number of carbonyl (C=O) groups excluding carboxylic acids is 1. The zero-order chi connectivity index (χ0) is 21.4. The molecule has 1 amide bonds. The monoisotopic (exact) mass is 406 g/mol. The molecule has 0 spiro atoms. The van der Waals surface area contributed by atoms with Crippen LogP contribution in [0.15, 0.2) is 35.1 Å². The lowest BCUT2D eigenvalue weighted by molar-refractivity contribution is 0.0925. The van der Waals surface area contributed by atoms with Crippen molar-refractivity contribution in [2.45, 2.75) is 53.1 Å². The molecule has 1 aromatic carbocycles. The highest BCUT2D eigenvalue weighted by atomic mass is 16.2. The van der Waals surface area contributed by atoms with Crippen LogP contribution in [0.4, 0.5) is 0 Å². The standard InChI is InChI=1S/C22H26N6O2/c1-5-16(23-21(29)19-14(4)17(6-2)24-25-19)12-27-22(30)28-18-10-8-7-9-15(18)11-13(3)20(28)26-27/h7-11,16H,5-6,12H2,1-4H3,(H,23,29)(H,24,25)/t16-/m0/s1. The van der Waals surface area contributed by atoms with E-state index in [1.54, 1.807) is 4.40 Å². The van der Waals surface area contributed by atoms with E-state index in [1.807, 2.05) is 58.0 Å². The van der Waals surface area contributed by atoms with Crippen LogP contribution in [0.1, 0.15) is 47.6 Å². The third kappa shape index (κ3) is 3.28. The van der Waals surface area contributed by atoms with Crippen LogP contribution in [-0.2, 0) is 13.0 Å². The molecule has 0 aliphatic heterocycles. The van der Waals surface area contributed by atoms with Crippen molar-refractivity contribution in [3.05, 3.63) is 63.3 Å². The van der Waals surface area contributed by atoms with E-state index in [2.05, 4.69) is 20.6 Å². The lowest BCUT2D eigenvalue weighted by Gasteiger charge is -2.15. The molecular weight excluding hydrogens is 380 g/mol. The second-order valence-electron chi connectivity index (χ2n) is 7.62. The van der Waals surface area contributed by atoms with E-state index in [0.717, 1.165) is 34.1 Å². The number of benzene rings is 1. The van der Waals surface area contributed by atoms with Crippen LogP contribution in [0.3, 0.4) is 0 Å². The minimum atomic E-state index is -0.243. The van der Waals surface area contributed by atoms with Gasteiger partial charge in [0.1, 0.15) is 0 Å². The SMILES string of the molecule is CCc1[nH]nc(C(=O)N[C@@H](CC)Cn2nc3c(C)cc4ccccc4n3c2=O)c1C. The number of aryl methyl sites for hydroxylation is 2. The zero-order valence-corrected chi connectivity index (χ0v) is 17.7. The third-order valence-corrected chi connectivity index (χ3v) is 5.64. The van der Waals surface area contributed by atoms with Gasteiger partial charge < -0.3 is 5.32 Å². The minimum Gasteiger partial charge on any atom is -0.346 e. The molecule has 4 rings (SSSR count). The molecule has 2 N–H and O–H groups in total. The molecule has 1 atom stereocenters. The number of nitrogens with one attached hydrogen (secondary N) is 2. The van der Waals surface area contributed by atoms with Gasteiger partial charge in [-0.1, -0.05) is 32.0 Å². The minimum absolute atomic E-state index is 0.207. The summed E-state index contributed by atoms with van der Waals surface area (Å²) in [6, 6.07) is 9.55. The van der Waals surface area contributed by atoms with Crippen LogP contribution in [0.2, 0.25) is 0 Å². The van der Waals surface area contributed by atoms with Crippen LogP contribution in [-0.4, -0.2) is 36.3 Å². The molecule has 8 nitrogen and oxygen atoms in total. The number of fused-ring (bicyclic) bond motifs is 3. The van der Waals surface area contributed by atoms with Crippen molar-refractivity contribution in [1.29, 1.82) is 0 Å². The number of hydrogen-bond acceptors (Lipinski definition) is 4. The van der Waals surface area contributed by atoms with Crippen molar-refractivity contribution in [3.63, 3.8) is 0 Å². The number of para-hydroxylation sites is 1. The molecule has 0 bridgehead atoms. The highest BCUT2D eigenvalue weighted by Crippen LogP contribution is 2.18. The Labute approximate surface area is 173 Å². The third-order valence-electron chi connectivity index (χ3n) is 5.64. The van der Waals surface area contributed by atoms with Gasteiger partial charge in [-0.3, -0.25) is 9.89 Å². The average Bonchev–Trinajstić information content (AvgIpc) is 3.28. The number of rotatable bonds is 6. The molecule has 0 aliphatic rings. The van der Waals surface area contributed by atoms with Gasteiger partial charge in [-0.15, -0.1) is 5.10 Å². The molecule has 0 radical (unpaired) electrons. The van der Waals surface area contributed by atoms with E-state index in [-0.39, 0.29) is 17.6 Å². The van der Waals surface area contributed by atoms with Gasteiger partial charge in [-0.25, -0.2) is 13.9 Å². The van der Waals surface area contributed by atoms with Crippen LogP contribution in [0, 0.1) is 13.8 Å². The van der Waals surface area contributed by atoms with Crippen molar-refractivity contribution < 1.29 is 4.79 Å². The first-order valence-electron chi connectivity index (χ1n) is 10.3. The Bertz CT molecular complexity index is 1300. The van der Waals surface area contributed by atoms with E-state index in [1.165, 1.54) is 4.68 Å². The number of hydrogen-bond donors (Lipinski definition) is 2. The van der Waals surface area contributed by atoms with E-state index in [4.69, 9.17) is 0 Å². The highest BCUT2D eigenvalue weighted by molar-refractivity contribution is 5.94. The second-order valence-corrected chi connectivity index (χ2v) is 7.62. The zero-order valence-electron chi connectivity index (χ0n) is 17.7. The largest absolute Gasteiger partial charge is 0.350 e. The number of H-pyrrole nitrogens is 1. The fourth-order valence-electron chi connectivity index (χ4n) is 3.85. The average molecular weight is 406 g/mol. The lowest BCUT2D eigenvalue weighted by atomic mass is 10.1. The van der Waals surface area contributed by atoms with Gasteiger partial charge in [-0.2, -0.15) is 5.10 Å². The predicted molar refractivity (Wildman–Crippen MR) is 116 cm³/mol. The molecule has 3 aromatic heterocycles. The van der Waals surface area contributed by atoms with Gasteiger partial charge in [0.05, 0.1) is 12.1 Å². The summed E-state index contributed by atoms with van der Waals surface area (Å²) in [4.78, 5) is 25.9. The topological polar surface area (TPSA) is 97.1 Å². The van der Waals surface area contributed by atoms with E-state index < -0.39 is 0 Å². The summed E-state index contributed by atoms with van der Waals surface area (Å²) >= 11 is 0. The summed E-state index contributed by atoms with van der Waals surface area (Å²) in [6.07, 6.45) is 1.45. The highest BCUT2D eigenvalue weighted by Gasteiger charge is 2.21. The molecule has 30 heavy (non-hydrogen) atoms.